The summed E-state index contributed by atoms with van der Waals surface area (Å²) in [7, 11) is 0. The number of unbranched alkanes of at least 4 members (excludes halogenated alkanes) is 1. The maximum absolute atomic E-state index is 5.49. The quantitative estimate of drug-likeness (QED) is 0.617. The topological polar surface area (TPSA) is 26.0 Å². The molecule has 2 N–H and O–H groups in total. The Morgan fingerprint density at radius 3 is 2.36 bits per heavy atom. The molecule has 0 saturated heterocycles. The number of allylic oxidation sites excluding steroid dienone is 4. The lowest BCUT2D eigenvalue weighted by Gasteiger charge is -1.96. The molecule has 11 heavy (non-hydrogen) atoms. The van der Waals surface area contributed by atoms with Gasteiger partial charge in [0.15, 0.2) is 0 Å². The average Bonchev–Trinajstić information content (AvgIpc) is 1.97. The third-order valence-corrected chi connectivity index (χ3v) is 1.56. The fraction of sp³-hybridized carbons (Fsp3) is 0.600. The molecule has 0 aliphatic carbocycles. The lowest BCUT2D eigenvalue weighted by atomic mass is 10.1. The Morgan fingerprint density at radius 1 is 1.27 bits per heavy atom. The van der Waals surface area contributed by atoms with Gasteiger partial charge in [-0.2, -0.15) is 0 Å². The molecule has 0 aromatic carbocycles. The van der Waals surface area contributed by atoms with E-state index in [1.165, 1.54) is 24.8 Å². The van der Waals surface area contributed by atoms with E-state index in [1.54, 1.807) is 0 Å². The van der Waals surface area contributed by atoms with E-state index in [0.29, 0.717) is 0 Å². The summed E-state index contributed by atoms with van der Waals surface area (Å²) < 4.78 is 0. The van der Waals surface area contributed by atoms with Crippen molar-refractivity contribution < 1.29 is 0 Å². The summed E-state index contributed by atoms with van der Waals surface area (Å²) >= 11 is 0. The SMILES string of the molecule is CCCC/C(C)=C/C=C(\C)N. The number of nitrogens with two attached hydrogens (primary N) is 1. The van der Waals surface area contributed by atoms with E-state index in [0.717, 1.165) is 5.70 Å². The summed E-state index contributed by atoms with van der Waals surface area (Å²) in [5.74, 6) is 0. The molecule has 0 spiro atoms. The summed E-state index contributed by atoms with van der Waals surface area (Å²) in [4.78, 5) is 0. The van der Waals surface area contributed by atoms with Gasteiger partial charge >= 0.3 is 0 Å². The van der Waals surface area contributed by atoms with E-state index in [4.69, 9.17) is 5.73 Å². The van der Waals surface area contributed by atoms with Crippen molar-refractivity contribution in [3.8, 4) is 0 Å². The minimum atomic E-state index is 0.876. The van der Waals surface area contributed by atoms with Crippen molar-refractivity contribution in [3.05, 3.63) is 23.4 Å². The Balaban J connectivity index is 3.72. The predicted molar refractivity (Wildman–Crippen MR) is 51.2 cm³/mol. The number of rotatable bonds is 4. The second-order valence-corrected chi connectivity index (χ2v) is 3.03. The first-order chi connectivity index (χ1) is 5.16. The molecule has 0 radical (unpaired) electrons. The highest BCUT2D eigenvalue weighted by Crippen LogP contribution is 2.05. The Bertz CT molecular complexity index is 150. The number of hydrogen-bond acceptors (Lipinski definition) is 1. The van der Waals surface area contributed by atoms with E-state index in [-0.39, 0.29) is 0 Å². The van der Waals surface area contributed by atoms with E-state index in [1.807, 2.05) is 13.0 Å². The second kappa shape index (κ2) is 6.02. The van der Waals surface area contributed by atoms with Crippen molar-refractivity contribution in [2.24, 2.45) is 5.73 Å². The molecule has 1 nitrogen and oxygen atoms in total. The molecule has 0 aromatic heterocycles. The minimum Gasteiger partial charge on any atom is -0.402 e. The predicted octanol–water partition coefficient (Wildman–Crippen LogP) is 2.99. The molecule has 0 aliphatic heterocycles. The smallest absolute Gasteiger partial charge is 0.00488 e. The maximum Gasteiger partial charge on any atom is 0.00488 e. The fourth-order valence-corrected chi connectivity index (χ4v) is 0.813. The van der Waals surface area contributed by atoms with Gasteiger partial charge in [0.2, 0.25) is 0 Å². The van der Waals surface area contributed by atoms with Crippen molar-refractivity contribution in [2.75, 3.05) is 0 Å². The first-order valence-electron chi connectivity index (χ1n) is 4.26. The van der Waals surface area contributed by atoms with Crippen LogP contribution in [0.15, 0.2) is 23.4 Å². The zero-order chi connectivity index (χ0) is 8.69. The van der Waals surface area contributed by atoms with Crippen LogP contribution in [-0.4, -0.2) is 0 Å². The average molecular weight is 153 g/mol. The highest BCUT2D eigenvalue weighted by atomic mass is 14.5. The van der Waals surface area contributed by atoms with Crippen LogP contribution in [-0.2, 0) is 0 Å². The molecule has 1 heteroatoms. The molecular weight excluding hydrogens is 134 g/mol. The zero-order valence-electron chi connectivity index (χ0n) is 7.85. The van der Waals surface area contributed by atoms with Gasteiger partial charge in [-0.05, 0) is 32.8 Å². The van der Waals surface area contributed by atoms with Crippen LogP contribution >= 0.6 is 0 Å². The molecule has 0 amide bonds. The van der Waals surface area contributed by atoms with Crippen LogP contribution in [0.25, 0.3) is 0 Å². The molecule has 0 saturated carbocycles. The first-order valence-corrected chi connectivity index (χ1v) is 4.26. The molecule has 0 aliphatic rings. The van der Waals surface area contributed by atoms with Crippen LogP contribution in [0.3, 0.4) is 0 Å². The largest absolute Gasteiger partial charge is 0.402 e. The Kier molecular flexibility index (Phi) is 5.63. The summed E-state index contributed by atoms with van der Waals surface area (Å²) in [6, 6.07) is 0. The molecule has 0 fully saturated rings. The van der Waals surface area contributed by atoms with Crippen LogP contribution in [0.5, 0.6) is 0 Å². The van der Waals surface area contributed by atoms with Crippen molar-refractivity contribution in [3.63, 3.8) is 0 Å². The van der Waals surface area contributed by atoms with Gasteiger partial charge in [0.25, 0.3) is 0 Å². The minimum absolute atomic E-state index is 0.876. The summed E-state index contributed by atoms with van der Waals surface area (Å²) in [5.41, 5.74) is 7.78. The first kappa shape index (κ1) is 10.3. The molecule has 0 bridgehead atoms. The standard InChI is InChI=1S/C10H19N/c1-4-5-6-9(2)7-8-10(3)11/h7-8H,4-6,11H2,1-3H3/b9-7+,10-8+. The lowest BCUT2D eigenvalue weighted by molar-refractivity contribution is 0.787. The normalized spacial score (nSPS) is 13.7. The molecule has 0 rings (SSSR count). The van der Waals surface area contributed by atoms with Crippen molar-refractivity contribution >= 4 is 0 Å². The van der Waals surface area contributed by atoms with Gasteiger partial charge in [-0.25, -0.2) is 0 Å². The van der Waals surface area contributed by atoms with Gasteiger partial charge in [0.1, 0.15) is 0 Å². The van der Waals surface area contributed by atoms with Crippen LogP contribution in [0.1, 0.15) is 40.0 Å². The highest BCUT2D eigenvalue weighted by Gasteiger charge is 1.86. The molecule has 64 valence electrons. The highest BCUT2D eigenvalue weighted by molar-refractivity contribution is 5.13. The second-order valence-electron chi connectivity index (χ2n) is 3.03. The molecular formula is C10H19N. The van der Waals surface area contributed by atoms with Gasteiger partial charge in [0.05, 0.1) is 0 Å². The monoisotopic (exact) mass is 153 g/mol. The number of hydrogen-bond donors (Lipinski definition) is 1. The van der Waals surface area contributed by atoms with Crippen LogP contribution in [0.4, 0.5) is 0 Å². The van der Waals surface area contributed by atoms with Crippen molar-refractivity contribution in [1.82, 2.24) is 0 Å². The van der Waals surface area contributed by atoms with Crippen LogP contribution in [0.2, 0.25) is 0 Å². The van der Waals surface area contributed by atoms with Crippen LogP contribution in [0, 0.1) is 0 Å². The molecule has 0 atom stereocenters. The molecule has 0 heterocycles. The van der Waals surface area contributed by atoms with Gasteiger partial charge in [0, 0.05) is 5.70 Å². The Labute approximate surface area is 70.0 Å². The summed E-state index contributed by atoms with van der Waals surface area (Å²) in [6.45, 7) is 6.26. The molecule has 0 aromatic rings. The van der Waals surface area contributed by atoms with Gasteiger partial charge in [-0.15, -0.1) is 0 Å². The van der Waals surface area contributed by atoms with Gasteiger partial charge < -0.3 is 5.73 Å². The van der Waals surface area contributed by atoms with Gasteiger partial charge in [-0.1, -0.05) is 25.0 Å². The van der Waals surface area contributed by atoms with E-state index >= 15 is 0 Å². The Morgan fingerprint density at radius 2 is 1.91 bits per heavy atom. The van der Waals surface area contributed by atoms with Crippen molar-refractivity contribution in [1.29, 1.82) is 0 Å². The van der Waals surface area contributed by atoms with E-state index in [2.05, 4.69) is 19.9 Å². The molecule has 0 unspecified atom stereocenters. The maximum atomic E-state index is 5.49. The Hall–Kier alpha value is -0.720. The van der Waals surface area contributed by atoms with Crippen LogP contribution < -0.4 is 5.73 Å². The van der Waals surface area contributed by atoms with Crippen molar-refractivity contribution in [2.45, 2.75) is 40.0 Å². The fourth-order valence-electron chi connectivity index (χ4n) is 0.813. The van der Waals surface area contributed by atoms with E-state index in [9.17, 15) is 0 Å². The van der Waals surface area contributed by atoms with Gasteiger partial charge in [-0.3, -0.25) is 0 Å². The third-order valence-electron chi connectivity index (χ3n) is 1.56. The summed E-state index contributed by atoms with van der Waals surface area (Å²) in [6.07, 6.45) is 7.80. The third kappa shape index (κ3) is 7.17. The zero-order valence-corrected chi connectivity index (χ0v) is 7.85. The lowest BCUT2D eigenvalue weighted by Crippen LogP contribution is -1.88. The van der Waals surface area contributed by atoms with E-state index < -0.39 is 0 Å². The summed E-state index contributed by atoms with van der Waals surface area (Å²) in [5, 5.41) is 0.